The molecule has 0 aliphatic carbocycles. The highest BCUT2D eigenvalue weighted by Gasteiger charge is 2.51. The van der Waals surface area contributed by atoms with Gasteiger partial charge in [0.1, 0.15) is 0 Å². The van der Waals surface area contributed by atoms with Gasteiger partial charge in [0.05, 0.1) is 5.54 Å². The van der Waals surface area contributed by atoms with Gasteiger partial charge in [0, 0.05) is 11.4 Å². The minimum atomic E-state index is 0.0671. The fraction of sp³-hybridized carbons (Fsp3) is 0.200. The molecule has 1 nitrogen and oxygen atoms in total. The van der Waals surface area contributed by atoms with Gasteiger partial charge in [-0.25, -0.2) is 0 Å². The molecule has 41 heavy (non-hydrogen) atoms. The Morgan fingerprint density at radius 2 is 1.02 bits per heavy atom. The van der Waals surface area contributed by atoms with E-state index in [-0.39, 0.29) is 11.0 Å². The predicted molar refractivity (Wildman–Crippen MR) is 175 cm³/mol. The van der Waals surface area contributed by atoms with Gasteiger partial charge in [-0.15, -0.1) is 0 Å². The second-order valence-corrected chi connectivity index (χ2v) is 13.4. The summed E-state index contributed by atoms with van der Waals surface area (Å²) in [7, 11) is 0. The van der Waals surface area contributed by atoms with E-state index in [9.17, 15) is 0 Å². The van der Waals surface area contributed by atoms with Gasteiger partial charge >= 0.3 is 0 Å². The first-order valence-corrected chi connectivity index (χ1v) is 14.9. The second kappa shape index (κ2) is 8.82. The zero-order valence-corrected chi connectivity index (χ0v) is 24.1. The number of hydrogen-bond donors (Lipinski definition) is 0. The van der Waals surface area contributed by atoms with Crippen molar-refractivity contribution in [3.05, 3.63) is 132 Å². The van der Waals surface area contributed by atoms with E-state index in [1.807, 2.05) is 0 Å². The highest BCUT2D eigenvalue weighted by atomic mass is 15.3. The Kier molecular flexibility index (Phi) is 5.26. The van der Waals surface area contributed by atoms with E-state index < -0.39 is 0 Å². The highest BCUT2D eigenvalue weighted by Crippen LogP contribution is 2.56. The molecule has 8 rings (SSSR count). The normalized spacial score (nSPS) is 15.2. The summed E-state index contributed by atoms with van der Waals surface area (Å²) in [5.41, 5.74) is 11.3. The lowest BCUT2D eigenvalue weighted by atomic mass is 9.76. The number of rotatable bonds is 3. The molecular formula is C40H35N. The zero-order valence-electron chi connectivity index (χ0n) is 24.1. The van der Waals surface area contributed by atoms with Crippen LogP contribution < -0.4 is 4.90 Å². The number of hydrogen-bond acceptors (Lipinski definition) is 1. The van der Waals surface area contributed by atoms with Gasteiger partial charge in [-0.2, -0.15) is 0 Å². The minimum absolute atomic E-state index is 0.0671. The smallest absolute Gasteiger partial charge is 0.0538 e. The summed E-state index contributed by atoms with van der Waals surface area (Å²) in [5, 5.41) is 5.24. The lowest BCUT2D eigenvalue weighted by molar-refractivity contribution is 0.266. The van der Waals surface area contributed by atoms with Crippen LogP contribution in [0.2, 0.25) is 0 Å². The first-order valence-electron chi connectivity index (χ1n) is 14.9. The molecule has 0 N–H and O–H groups in total. The van der Waals surface area contributed by atoms with Gasteiger partial charge in [-0.1, -0.05) is 118 Å². The summed E-state index contributed by atoms with van der Waals surface area (Å²) in [6.07, 6.45) is 3.31. The van der Waals surface area contributed by atoms with Crippen LogP contribution in [0, 0.1) is 5.41 Å². The van der Waals surface area contributed by atoms with Gasteiger partial charge in [0.25, 0.3) is 0 Å². The molecule has 1 heteroatoms. The van der Waals surface area contributed by atoms with E-state index in [0.29, 0.717) is 0 Å². The van der Waals surface area contributed by atoms with Crippen LogP contribution in [0.5, 0.6) is 0 Å². The van der Waals surface area contributed by atoms with Crippen molar-refractivity contribution in [2.45, 2.75) is 45.6 Å². The molecule has 200 valence electrons. The molecule has 2 aliphatic rings. The molecule has 0 saturated carbocycles. The van der Waals surface area contributed by atoms with Crippen molar-refractivity contribution in [2.75, 3.05) is 4.90 Å². The number of fused-ring (bicyclic) bond motifs is 7. The lowest BCUT2D eigenvalue weighted by Gasteiger charge is -2.39. The van der Waals surface area contributed by atoms with Crippen LogP contribution in [-0.4, -0.2) is 5.54 Å². The van der Waals surface area contributed by atoms with Crippen molar-refractivity contribution in [1.82, 2.24) is 0 Å². The van der Waals surface area contributed by atoms with Crippen LogP contribution in [0.25, 0.3) is 43.8 Å². The quantitative estimate of drug-likeness (QED) is 0.220. The van der Waals surface area contributed by atoms with Crippen molar-refractivity contribution < 1.29 is 0 Å². The van der Waals surface area contributed by atoms with Crippen LogP contribution in [-0.2, 0) is 12.8 Å². The second-order valence-electron chi connectivity index (χ2n) is 13.4. The Bertz CT molecular complexity index is 1830. The summed E-state index contributed by atoms with van der Waals surface area (Å²) in [5.74, 6) is 0. The largest absolute Gasteiger partial charge is 0.334 e. The first-order chi connectivity index (χ1) is 19.9. The Hall–Kier alpha value is -4.36. The van der Waals surface area contributed by atoms with E-state index in [0.717, 1.165) is 19.3 Å². The van der Waals surface area contributed by atoms with Crippen molar-refractivity contribution in [1.29, 1.82) is 0 Å². The van der Waals surface area contributed by atoms with Crippen LogP contribution >= 0.6 is 0 Å². The Morgan fingerprint density at radius 3 is 1.51 bits per heavy atom. The monoisotopic (exact) mass is 529 g/mol. The number of anilines is 2. The molecule has 0 atom stereocenters. The average Bonchev–Trinajstić information content (AvgIpc) is 3.43. The molecule has 0 spiro atoms. The maximum absolute atomic E-state index is 2.71. The minimum Gasteiger partial charge on any atom is -0.334 e. The van der Waals surface area contributed by atoms with Gasteiger partial charge < -0.3 is 4.90 Å². The third kappa shape index (κ3) is 3.90. The molecule has 6 aromatic rings. The van der Waals surface area contributed by atoms with Crippen LogP contribution in [0.1, 0.15) is 38.3 Å². The molecule has 2 aliphatic heterocycles. The summed E-state index contributed by atoms with van der Waals surface area (Å²) < 4.78 is 0. The standard InChI is InChI=1S/C40H35N/c1-39(2,3)26-40-24-31-22-29(35-16-8-12-27-10-4-6-14-33(27)35)18-20-37(31)41(40)38-21-19-30(23-32(38)25-40)36-17-9-13-28-11-5-7-15-34(28)36/h4-23H,24-26H2,1-3H3. The van der Waals surface area contributed by atoms with Gasteiger partial charge in [0.15, 0.2) is 0 Å². The fourth-order valence-electron chi connectivity index (χ4n) is 7.94. The zero-order chi connectivity index (χ0) is 27.8. The third-order valence-electron chi connectivity index (χ3n) is 9.21. The molecule has 0 amide bonds. The average molecular weight is 530 g/mol. The maximum Gasteiger partial charge on any atom is 0.0538 e. The predicted octanol–water partition coefficient (Wildman–Crippen LogP) is 10.8. The van der Waals surface area contributed by atoms with Crippen molar-refractivity contribution in [3.63, 3.8) is 0 Å². The Balaban J connectivity index is 1.25. The molecular weight excluding hydrogens is 494 g/mol. The van der Waals surface area contributed by atoms with E-state index in [1.165, 1.54) is 66.3 Å². The van der Waals surface area contributed by atoms with E-state index >= 15 is 0 Å². The Morgan fingerprint density at radius 1 is 0.561 bits per heavy atom. The van der Waals surface area contributed by atoms with Crippen molar-refractivity contribution >= 4 is 32.9 Å². The van der Waals surface area contributed by atoms with Crippen LogP contribution in [0.3, 0.4) is 0 Å². The van der Waals surface area contributed by atoms with Crippen LogP contribution in [0.4, 0.5) is 11.4 Å². The first kappa shape index (κ1) is 24.4. The SMILES string of the molecule is CC(C)(C)CC12Cc3cc(-c4cccc5ccccc45)ccc3N1c1ccc(-c3cccc4ccccc34)cc1C2. The Labute approximate surface area is 243 Å². The molecule has 6 aromatic carbocycles. The number of nitrogens with zero attached hydrogens (tertiary/aromatic N) is 1. The summed E-state index contributed by atoms with van der Waals surface area (Å²) in [6, 6.07) is 45.3. The maximum atomic E-state index is 2.71. The topological polar surface area (TPSA) is 3.24 Å². The van der Waals surface area contributed by atoms with E-state index in [1.54, 1.807) is 0 Å². The van der Waals surface area contributed by atoms with E-state index in [4.69, 9.17) is 0 Å². The summed E-state index contributed by atoms with van der Waals surface area (Å²) in [6.45, 7) is 7.19. The molecule has 0 radical (unpaired) electrons. The van der Waals surface area contributed by atoms with E-state index in [2.05, 4.69) is 147 Å². The highest BCUT2D eigenvalue weighted by molar-refractivity contribution is 5.98. The molecule has 0 aromatic heterocycles. The molecule has 0 unspecified atom stereocenters. The van der Waals surface area contributed by atoms with Crippen LogP contribution in [0.15, 0.2) is 121 Å². The lowest BCUT2D eigenvalue weighted by Crippen LogP contribution is -2.44. The third-order valence-corrected chi connectivity index (χ3v) is 9.21. The summed E-state index contributed by atoms with van der Waals surface area (Å²) >= 11 is 0. The van der Waals surface area contributed by atoms with Gasteiger partial charge in [-0.05, 0) is 104 Å². The van der Waals surface area contributed by atoms with Gasteiger partial charge in [-0.3, -0.25) is 0 Å². The molecule has 0 saturated heterocycles. The fourth-order valence-corrected chi connectivity index (χ4v) is 7.94. The molecule has 2 heterocycles. The number of benzene rings is 6. The van der Waals surface area contributed by atoms with Crippen molar-refractivity contribution in [3.8, 4) is 22.3 Å². The van der Waals surface area contributed by atoms with Crippen molar-refractivity contribution in [2.24, 2.45) is 5.41 Å². The molecule has 0 fully saturated rings. The molecule has 0 bridgehead atoms. The summed E-state index contributed by atoms with van der Waals surface area (Å²) in [4.78, 5) is 2.71. The van der Waals surface area contributed by atoms with Gasteiger partial charge in [0.2, 0.25) is 0 Å².